The number of thiophene rings is 1. The molecule has 0 bridgehead atoms. The number of carbonyl (C=O) groups excluding carboxylic acids is 1. The predicted octanol–water partition coefficient (Wildman–Crippen LogP) is 1.75. The first-order valence-electron chi connectivity index (χ1n) is 4.54. The Morgan fingerprint density at radius 2 is 2.40 bits per heavy atom. The van der Waals surface area contributed by atoms with Crippen molar-refractivity contribution in [2.45, 2.75) is 13.0 Å². The largest absolute Gasteiger partial charge is 0.395 e. The molecular weight excluding hydrogens is 236 g/mol. The van der Waals surface area contributed by atoms with E-state index in [4.69, 9.17) is 16.7 Å². The van der Waals surface area contributed by atoms with Gasteiger partial charge in [0.2, 0.25) is 0 Å². The van der Waals surface area contributed by atoms with Gasteiger partial charge in [-0.1, -0.05) is 11.6 Å². The molecule has 0 unspecified atom stereocenters. The van der Waals surface area contributed by atoms with Crippen LogP contribution >= 0.6 is 22.9 Å². The summed E-state index contributed by atoms with van der Waals surface area (Å²) in [6, 6.07) is 3.30. The number of rotatable bonds is 4. The normalized spacial score (nSPS) is 12.2. The highest BCUT2D eigenvalue weighted by Gasteiger charge is 2.10. The van der Waals surface area contributed by atoms with E-state index in [0.29, 0.717) is 4.34 Å². The van der Waals surface area contributed by atoms with Crippen molar-refractivity contribution in [1.29, 1.82) is 0 Å². The molecule has 1 rings (SSSR count). The summed E-state index contributed by atoms with van der Waals surface area (Å²) >= 11 is 7.22. The lowest BCUT2D eigenvalue weighted by Gasteiger charge is -2.12. The Kier molecular flexibility index (Phi) is 4.87. The highest BCUT2D eigenvalue weighted by molar-refractivity contribution is 7.16. The highest BCUT2D eigenvalue weighted by Crippen LogP contribution is 2.26. The summed E-state index contributed by atoms with van der Waals surface area (Å²) in [7, 11) is 0. The van der Waals surface area contributed by atoms with Gasteiger partial charge in [0.15, 0.2) is 0 Å². The van der Waals surface area contributed by atoms with Crippen molar-refractivity contribution in [1.82, 2.24) is 10.6 Å². The van der Waals surface area contributed by atoms with Crippen molar-refractivity contribution in [3.8, 4) is 0 Å². The van der Waals surface area contributed by atoms with Gasteiger partial charge in [-0.05, 0) is 19.1 Å². The van der Waals surface area contributed by atoms with Crippen LogP contribution in [0.2, 0.25) is 4.34 Å². The number of aliphatic hydroxyl groups is 1. The fourth-order valence-corrected chi connectivity index (χ4v) is 2.11. The number of amides is 2. The van der Waals surface area contributed by atoms with Crippen LogP contribution in [0.1, 0.15) is 17.8 Å². The second kappa shape index (κ2) is 5.95. The number of halogens is 1. The molecule has 0 saturated heterocycles. The molecule has 1 atom stereocenters. The molecule has 0 saturated carbocycles. The second-order valence-corrected chi connectivity index (χ2v) is 4.73. The molecule has 15 heavy (non-hydrogen) atoms. The fourth-order valence-electron chi connectivity index (χ4n) is 1.05. The van der Waals surface area contributed by atoms with Crippen LogP contribution in [0.3, 0.4) is 0 Å². The molecule has 84 valence electrons. The molecule has 1 heterocycles. The number of urea groups is 1. The molecule has 3 N–H and O–H groups in total. The van der Waals surface area contributed by atoms with Crippen LogP contribution in [0, 0.1) is 0 Å². The smallest absolute Gasteiger partial charge is 0.315 e. The van der Waals surface area contributed by atoms with Crippen LogP contribution in [0.25, 0.3) is 0 Å². The zero-order valence-corrected chi connectivity index (χ0v) is 9.86. The number of hydrogen-bond donors (Lipinski definition) is 3. The lowest BCUT2D eigenvalue weighted by Crippen LogP contribution is -2.38. The zero-order valence-electron chi connectivity index (χ0n) is 8.29. The van der Waals surface area contributed by atoms with Gasteiger partial charge in [0, 0.05) is 11.4 Å². The Morgan fingerprint density at radius 1 is 1.67 bits per heavy atom. The zero-order chi connectivity index (χ0) is 11.3. The first-order valence-corrected chi connectivity index (χ1v) is 5.73. The maximum atomic E-state index is 11.2. The predicted molar refractivity (Wildman–Crippen MR) is 61.4 cm³/mol. The molecule has 2 amide bonds. The molecule has 0 aliphatic carbocycles. The van der Waals surface area contributed by atoms with E-state index in [1.54, 1.807) is 6.07 Å². The summed E-state index contributed by atoms with van der Waals surface area (Å²) in [5, 5.41) is 13.8. The van der Waals surface area contributed by atoms with Gasteiger partial charge in [-0.2, -0.15) is 0 Å². The number of hydrogen-bond acceptors (Lipinski definition) is 3. The average molecular weight is 249 g/mol. The minimum absolute atomic E-state index is 0.0629. The summed E-state index contributed by atoms with van der Waals surface area (Å²) in [6.07, 6.45) is 0. The van der Waals surface area contributed by atoms with E-state index >= 15 is 0 Å². The van der Waals surface area contributed by atoms with Gasteiger partial charge < -0.3 is 15.7 Å². The van der Waals surface area contributed by atoms with Crippen molar-refractivity contribution in [3.05, 3.63) is 21.3 Å². The van der Waals surface area contributed by atoms with E-state index in [1.807, 2.05) is 13.0 Å². The molecule has 0 aromatic carbocycles. The molecule has 0 spiro atoms. The van der Waals surface area contributed by atoms with E-state index in [2.05, 4.69) is 10.6 Å². The number of aliphatic hydroxyl groups excluding tert-OH is 1. The quantitative estimate of drug-likeness (QED) is 0.760. The van der Waals surface area contributed by atoms with Crippen molar-refractivity contribution in [2.75, 3.05) is 13.2 Å². The Morgan fingerprint density at radius 3 is 2.93 bits per heavy atom. The number of carbonyl (C=O) groups is 1. The molecule has 0 aliphatic rings. The topological polar surface area (TPSA) is 61.4 Å². The standard InChI is InChI=1S/C9H13ClN2O2S/c1-6(7-2-3-8(10)15-7)12-9(14)11-4-5-13/h2-3,6,13H,4-5H2,1H3,(H2,11,12,14)/t6-/m0/s1. The summed E-state index contributed by atoms with van der Waals surface area (Å²) in [6.45, 7) is 2.07. The van der Waals surface area contributed by atoms with E-state index in [1.165, 1.54) is 11.3 Å². The van der Waals surface area contributed by atoms with Crippen LogP contribution in [0.5, 0.6) is 0 Å². The van der Waals surface area contributed by atoms with Gasteiger partial charge in [0.25, 0.3) is 0 Å². The SMILES string of the molecule is C[C@H](NC(=O)NCCO)c1ccc(Cl)s1. The van der Waals surface area contributed by atoms with Gasteiger partial charge in [-0.25, -0.2) is 4.79 Å². The first-order chi connectivity index (χ1) is 7.13. The van der Waals surface area contributed by atoms with E-state index in [-0.39, 0.29) is 25.2 Å². The Balaban J connectivity index is 2.41. The van der Waals surface area contributed by atoms with Gasteiger partial charge in [-0.15, -0.1) is 11.3 Å². The van der Waals surface area contributed by atoms with Crippen LogP contribution in [-0.4, -0.2) is 24.3 Å². The van der Waals surface area contributed by atoms with Crippen LogP contribution < -0.4 is 10.6 Å². The molecule has 0 aliphatic heterocycles. The van der Waals surface area contributed by atoms with Crippen LogP contribution in [-0.2, 0) is 0 Å². The summed E-state index contributed by atoms with van der Waals surface area (Å²) in [5.74, 6) is 0. The second-order valence-electron chi connectivity index (χ2n) is 2.99. The lowest BCUT2D eigenvalue weighted by atomic mass is 10.3. The van der Waals surface area contributed by atoms with Gasteiger partial charge in [-0.3, -0.25) is 0 Å². The fraction of sp³-hybridized carbons (Fsp3) is 0.444. The van der Waals surface area contributed by atoms with Gasteiger partial charge >= 0.3 is 6.03 Å². The molecule has 1 aromatic heterocycles. The van der Waals surface area contributed by atoms with Crippen LogP contribution in [0.4, 0.5) is 4.79 Å². The first kappa shape index (κ1) is 12.3. The van der Waals surface area contributed by atoms with Crippen LogP contribution in [0.15, 0.2) is 12.1 Å². The Hall–Kier alpha value is -0.780. The van der Waals surface area contributed by atoms with Crippen molar-refractivity contribution in [3.63, 3.8) is 0 Å². The minimum Gasteiger partial charge on any atom is -0.395 e. The van der Waals surface area contributed by atoms with E-state index in [9.17, 15) is 4.79 Å². The molecule has 4 nitrogen and oxygen atoms in total. The summed E-state index contributed by atoms with van der Waals surface area (Å²) in [5.41, 5.74) is 0. The maximum absolute atomic E-state index is 11.2. The third-order valence-corrected chi connectivity index (χ3v) is 3.18. The average Bonchev–Trinajstić information content (AvgIpc) is 2.61. The third kappa shape index (κ3) is 4.07. The minimum atomic E-state index is -0.291. The van der Waals surface area contributed by atoms with Gasteiger partial charge in [0.1, 0.15) is 0 Å². The molecule has 6 heteroatoms. The lowest BCUT2D eigenvalue weighted by molar-refractivity contribution is 0.231. The Labute approximate surface area is 97.3 Å². The summed E-state index contributed by atoms with van der Waals surface area (Å²) in [4.78, 5) is 12.2. The molecule has 0 radical (unpaired) electrons. The van der Waals surface area contributed by atoms with Crippen molar-refractivity contribution < 1.29 is 9.90 Å². The van der Waals surface area contributed by atoms with Gasteiger partial charge in [0.05, 0.1) is 17.0 Å². The molecule has 0 fully saturated rings. The third-order valence-electron chi connectivity index (χ3n) is 1.77. The number of nitrogens with one attached hydrogen (secondary N) is 2. The molecular formula is C9H13ClN2O2S. The Bertz CT molecular complexity index is 330. The summed E-state index contributed by atoms with van der Waals surface area (Å²) < 4.78 is 0.703. The van der Waals surface area contributed by atoms with E-state index in [0.717, 1.165) is 4.88 Å². The van der Waals surface area contributed by atoms with E-state index < -0.39 is 0 Å². The van der Waals surface area contributed by atoms with Crippen molar-refractivity contribution >= 4 is 29.0 Å². The molecule has 1 aromatic rings. The maximum Gasteiger partial charge on any atom is 0.315 e. The highest BCUT2D eigenvalue weighted by atomic mass is 35.5. The monoisotopic (exact) mass is 248 g/mol. The van der Waals surface area contributed by atoms with Crippen molar-refractivity contribution in [2.24, 2.45) is 0 Å².